The number of hydrogen-bond acceptors (Lipinski definition) is 15. The second-order valence-electron chi connectivity index (χ2n) is 33.3. The number of rotatable bonds is 89. The van der Waals surface area contributed by atoms with Crippen LogP contribution in [-0.2, 0) is 65.4 Å². The fourth-order valence-corrected chi connectivity index (χ4v) is 15.7. The molecule has 109 heavy (non-hydrogen) atoms. The molecule has 0 spiro atoms. The van der Waals surface area contributed by atoms with Gasteiger partial charge in [-0.3, -0.25) is 37.3 Å². The Labute approximate surface area is 670 Å². The summed E-state index contributed by atoms with van der Waals surface area (Å²) >= 11 is 0. The summed E-state index contributed by atoms with van der Waals surface area (Å²) in [7, 11) is -9.93. The number of aliphatic hydroxyl groups excluding tert-OH is 1. The maximum Gasteiger partial charge on any atom is 0.472 e. The highest BCUT2D eigenvalue weighted by molar-refractivity contribution is 7.47. The van der Waals surface area contributed by atoms with Crippen molar-refractivity contribution in [2.75, 3.05) is 39.6 Å². The minimum atomic E-state index is -4.97. The van der Waals surface area contributed by atoms with E-state index in [0.29, 0.717) is 25.7 Å². The molecule has 0 fully saturated rings. The molecule has 0 aliphatic heterocycles. The van der Waals surface area contributed by atoms with E-state index in [2.05, 4.69) is 41.5 Å². The van der Waals surface area contributed by atoms with Crippen LogP contribution >= 0.6 is 15.6 Å². The molecular formula is C90H176O17P2. The molecule has 0 bridgehead atoms. The number of esters is 4. The highest BCUT2D eigenvalue weighted by Gasteiger charge is 2.31. The summed E-state index contributed by atoms with van der Waals surface area (Å²) in [6.45, 7) is 9.70. The molecule has 0 radical (unpaired) electrons. The van der Waals surface area contributed by atoms with Gasteiger partial charge in [0.15, 0.2) is 12.2 Å². The second kappa shape index (κ2) is 81.2. The Kier molecular flexibility index (Phi) is 79.8. The van der Waals surface area contributed by atoms with Crippen molar-refractivity contribution >= 4 is 39.5 Å². The van der Waals surface area contributed by atoms with Gasteiger partial charge in [0.05, 0.1) is 26.4 Å². The average molecular weight is 1590 g/mol. The van der Waals surface area contributed by atoms with Crippen molar-refractivity contribution in [1.29, 1.82) is 0 Å². The molecule has 0 saturated carbocycles. The van der Waals surface area contributed by atoms with Crippen LogP contribution in [0.3, 0.4) is 0 Å². The molecule has 0 aliphatic carbocycles. The minimum absolute atomic E-state index is 0.108. The molecule has 0 aromatic carbocycles. The van der Waals surface area contributed by atoms with Gasteiger partial charge in [-0.05, 0) is 37.5 Å². The lowest BCUT2D eigenvalue weighted by molar-refractivity contribution is -0.161. The van der Waals surface area contributed by atoms with Gasteiger partial charge in [0.2, 0.25) is 0 Å². The van der Waals surface area contributed by atoms with Crippen molar-refractivity contribution in [1.82, 2.24) is 0 Å². The summed E-state index contributed by atoms with van der Waals surface area (Å²) < 4.78 is 69.1. The predicted octanol–water partition coefficient (Wildman–Crippen LogP) is 27.8. The number of unbranched alkanes of at least 4 members (excludes halogenated alkanes) is 59. The first-order valence-electron chi connectivity index (χ1n) is 46.5. The van der Waals surface area contributed by atoms with Crippen LogP contribution in [0.1, 0.15) is 485 Å². The fourth-order valence-electron chi connectivity index (χ4n) is 14.1. The van der Waals surface area contributed by atoms with Gasteiger partial charge >= 0.3 is 39.5 Å². The van der Waals surface area contributed by atoms with Gasteiger partial charge in [0.1, 0.15) is 19.3 Å². The van der Waals surface area contributed by atoms with Crippen molar-refractivity contribution in [3.63, 3.8) is 0 Å². The first kappa shape index (κ1) is 107. The first-order chi connectivity index (χ1) is 52.9. The lowest BCUT2D eigenvalue weighted by Gasteiger charge is -2.21. The van der Waals surface area contributed by atoms with Crippen LogP contribution < -0.4 is 0 Å². The molecule has 3 N–H and O–H groups in total. The van der Waals surface area contributed by atoms with E-state index < -0.39 is 97.5 Å². The summed E-state index contributed by atoms with van der Waals surface area (Å²) in [4.78, 5) is 73.4. The van der Waals surface area contributed by atoms with Crippen LogP contribution in [-0.4, -0.2) is 96.7 Å². The third-order valence-corrected chi connectivity index (χ3v) is 23.1. The van der Waals surface area contributed by atoms with Crippen LogP contribution in [0.4, 0.5) is 0 Å². The fraction of sp³-hybridized carbons (Fsp3) is 0.956. The number of hydrogen-bond donors (Lipinski definition) is 3. The first-order valence-corrected chi connectivity index (χ1v) is 49.5. The standard InChI is InChI=1S/C90H176O17P2/c1-7-9-11-13-15-17-19-21-23-25-27-29-31-33-38-42-48-54-60-66-72-87(92)100-78-85(106-89(94)74-68-62-56-49-43-39-34-32-30-28-26-24-22-20-18-16-14-12-10-8-2)80-104-108(96,97)102-76-84(91)77-103-109(98,99)105-81-86(79-101-88(93)73-67-61-55-51-45-47-53-59-65-71-83(5)6)107-90(95)75-69-63-57-50-44-40-36-35-37-41-46-52-58-64-70-82(3)4/h82-86,91H,7-81H2,1-6H3,(H,96,97)(H,98,99)/t84-,85-,86-/m1/s1. The molecule has 0 rings (SSSR count). The van der Waals surface area contributed by atoms with Gasteiger partial charge in [0, 0.05) is 25.7 Å². The third-order valence-electron chi connectivity index (χ3n) is 21.2. The van der Waals surface area contributed by atoms with Crippen LogP contribution in [0, 0.1) is 11.8 Å². The van der Waals surface area contributed by atoms with Crippen LogP contribution in [0.2, 0.25) is 0 Å². The van der Waals surface area contributed by atoms with Crippen molar-refractivity contribution in [2.45, 2.75) is 503 Å². The summed E-state index contributed by atoms with van der Waals surface area (Å²) in [6.07, 6.45) is 75.1. The summed E-state index contributed by atoms with van der Waals surface area (Å²) in [5.74, 6) is -0.559. The topological polar surface area (TPSA) is 237 Å². The zero-order valence-corrected chi connectivity index (χ0v) is 73.7. The highest BCUT2D eigenvalue weighted by atomic mass is 31.2. The molecular weight excluding hydrogens is 1410 g/mol. The highest BCUT2D eigenvalue weighted by Crippen LogP contribution is 2.45. The number of phosphoric acid groups is 2. The average Bonchev–Trinajstić information content (AvgIpc) is 0.900. The Morgan fingerprint density at radius 2 is 0.422 bits per heavy atom. The smallest absolute Gasteiger partial charge is 0.462 e. The molecule has 17 nitrogen and oxygen atoms in total. The zero-order chi connectivity index (χ0) is 79.9. The van der Waals surface area contributed by atoms with E-state index in [4.69, 9.17) is 37.0 Å². The van der Waals surface area contributed by atoms with Crippen molar-refractivity contribution in [3.8, 4) is 0 Å². The van der Waals surface area contributed by atoms with Gasteiger partial charge in [0.25, 0.3) is 0 Å². The van der Waals surface area contributed by atoms with Gasteiger partial charge < -0.3 is 33.8 Å². The Hall–Kier alpha value is -1.94. The van der Waals surface area contributed by atoms with Gasteiger partial charge in [-0.2, -0.15) is 0 Å². The molecule has 2 unspecified atom stereocenters. The summed E-state index contributed by atoms with van der Waals surface area (Å²) in [5, 5.41) is 10.7. The second-order valence-corrected chi connectivity index (χ2v) is 36.2. The maximum absolute atomic E-state index is 13.2. The number of phosphoric ester groups is 2. The van der Waals surface area contributed by atoms with E-state index in [1.54, 1.807) is 0 Å². The normalized spacial score (nSPS) is 13.8. The van der Waals surface area contributed by atoms with E-state index in [1.165, 1.54) is 302 Å². The molecule has 648 valence electrons. The van der Waals surface area contributed by atoms with Crippen molar-refractivity contribution in [2.24, 2.45) is 11.8 Å². The number of ether oxygens (including phenoxy) is 4. The van der Waals surface area contributed by atoms with E-state index >= 15 is 0 Å². The van der Waals surface area contributed by atoms with Gasteiger partial charge in [-0.15, -0.1) is 0 Å². The third kappa shape index (κ3) is 83.8. The number of aliphatic hydroxyl groups is 1. The van der Waals surface area contributed by atoms with Crippen molar-refractivity contribution < 1.29 is 80.2 Å². The summed E-state index contributed by atoms with van der Waals surface area (Å²) in [6, 6.07) is 0. The Balaban J connectivity index is 5.25. The SMILES string of the molecule is CCCCCCCCCCCCCCCCCCCCCCC(=O)OC[C@H](COP(=O)(O)OC[C@@H](O)COP(=O)(O)OC[C@@H](COC(=O)CCCCCCCCCCCC(C)C)OC(=O)CCCCCCCCCCCCCCCCC(C)C)OC(=O)CCCCCCCCCCCCCCCCCCCCCC. The molecule has 0 aromatic heterocycles. The van der Waals surface area contributed by atoms with E-state index in [-0.39, 0.29) is 25.7 Å². The van der Waals surface area contributed by atoms with Crippen LogP contribution in [0.25, 0.3) is 0 Å². The van der Waals surface area contributed by atoms with Crippen molar-refractivity contribution in [3.05, 3.63) is 0 Å². The van der Waals surface area contributed by atoms with E-state index in [1.807, 2.05) is 0 Å². The Bertz CT molecular complexity index is 2080. The largest absolute Gasteiger partial charge is 0.472 e. The molecule has 0 aliphatic rings. The van der Waals surface area contributed by atoms with Gasteiger partial charge in [-0.25, -0.2) is 9.13 Å². The zero-order valence-electron chi connectivity index (χ0n) is 71.9. The quantitative estimate of drug-likeness (QED) is 0.0222. The molecule has 0 amide bonds. The van der Waals surface area contributed by atoms with Crippen LogP contribution in [0.15, 0.2) is 0 Å². The number of carbonyl (C=O) groups excluding carboxylic acids is 4. The monoisotopic (exact) mass is 1590 g/mol. The Morgan fingerprint density at radius 1 is 0.248 bits per heavy atom. The molecule has 19 heteroatoms. The maximum atomic E-state index is 13.2. The number of carbonyl (C=O) groups is 4. The van der Waals surface area contributed by atoms with Crippen LogP contribution in [0.5, 0.6) is 0 Å². The predicted molar refractivity (Wildman–Crippen MR) is 451 cm³/mol. The molecule has 0 aromatic rings. The summed E-state index contributed by atoms with van der Waals surface area (Å²) in [5.41, 5.74) is 0. The molecule has 0 saturated heterocycles. The lowest BCUT2D eigenvalue weighted by atomic mass is 10.0. The lowest BCUT2D eigenvalue weighted by Crippen LogP contribution is -2.30. The molecule has 0 heterocycles. The van der Waals surface area contributed by atoms with E-state index in [0.717, 1.165) is 102 Å². The Morgan fingerprint density at radius 3 is 0.624 bits per heavy atom. The van der Waals surface area contributed by atoms with Gasteiger partial charge in [-0.1, -0.05) is 433 Å². The van der Waals surface area contributed by atoms with E-state index in [9.17, 15) is 43.2 Å². The minimum Gasteiger partial charge on any atom is -0.462 e. The molecule has 5 atom stereocenters.